The molecule has 0 N–H and O–H groups in total. The van der Waals surface area contributed by atoms with Gasteiger partial charge in [0, 0.05) is 0 Å². The molecule has 1 fully saturated rings. The number of carbonyl (C=O) groups excluding carboxylic acids is 2. The van der Waals surface area contributed by atoms with Crippen molar-refractivity contribution in [3.63, 3.8) is 0 Å². The summed E-state index contributed by atoms with van der Waals surface area (Å²) in [5, 5.41) is 0. The number of ether oxygens (including phenoxy) is 2. The Hall–Kier alpha value is -1.06. The topological polar surface area (TPSA) is 52.6 Å². The summed E-state index contributed by atoms with van der Waals surface area (Å²) < 4.78 is 10.7. The lowest BCUT2D eigenvalue weighted by Gasteiger charge is -2.32. The van der Waals surface area contributed by atoms with E-state index in [9.17, 15) is 9.59 Å². The molecule has 4 nitrogen and oxygen atoms in total. The molecule has 0 aromatic rings. The highest BCUT2D eigenvalue weighted by Gasteiger charge is 2.40. The van der Waals surface area contributed by atoms with E-state index in [1.165, 1.54) is 0 Å². The van der Waals surface area contributed by atoms with Crippen molar-refractivity contribution in [2.75, 3.05) is 13.2 Å². The molecule has 1 saturated carbocycles. The minimum absolute atomic E-state index is 0.234. The summed E-state index contributed by atoms with van der Waals surface area (Å²) in [5.74, 6) is -0.0736. The molecule has 0 amide bonds. The zero-order valence-corrected chi connectivity index (χ0v) is 14.1. The molecule has 4 heteroatoms. The van der Waals surface area contributed by atoms with E-state index in [-0.39, 0.29) is 23.8 Å². The SMILES string of the molecule is CC(C)COC(=O)C1CCC(C)CC1C(=O)OCC(C)C. The molecule has 0 aromatic carbocycles. The van der Waals surface area contributed by atoms with E-state index < -0.39 is 0 Å². The van der Waals surface area contributed by atoms with Gasteiger partial charge < -0.3 is 9.47 Å². The van der Waals surface area contributed by atoms with Crippen LogP contribution in [0.15, 0.2) is 0 Å². The lowest BCUT2D eigenvalue weighted by atomic mass is 9.74. The first kappa shape index (κ1) is 18.0. The fourth-order valence-electron chi connectivity index (χ4n) is 2.64. The van der Waals surface area contributed by atoms with Crippen LogP contribution < -0.4 is 0 Å². The first-order chi connectivity index (χ1) is 9.81. The molecule has 21 heavy (non-hydrogen) atoms. The second-order valence-electron chi connectivity index (χ2n) is 7.18. The first-order valence-corrected chi connectivity index (χ1v) is 8.14. The summed E-state index contributed by atoms with van der Waals surface area (Å²) >= 11 is 0. The van der Waals surface area contributed by atoms with Crippen molar-refractivity contribution in [3.05, 3.63) is 0 Å². The fourth-order valence-corrected chi connectivity index (χ4v) is 2.64. The Morgan fingerprint density at radius 1 is 0.905 bits per heavy atom. The molecule has 0 spiro atoms. The third-order valence-corrected chi connectivity index (χ3v) is 3.84. The summed E-state index contributed by atoms with van der Waals surface area (Å²) in [6.07, 6.45) is 2.41. The first-order valence-electron chi connectivity index (χ1n) is 8.14. The van der Waals surface area contributed by atoms with Crippen LogP contribution in [0, 0.1) is 29.6 Å². The van der Waals surface area contributed by atoms with Gasteiger partial charge >= 0.3 is 11.9 Å². The molecule has 0 aliphatic heterocycles. The molecule has 1 aliphatic rings. The van der Waals surface area contributed by atoms with E-state index >= 15 is 0 Å². The molecular formula is C17H30O4. The van der Waals surface area contributed by atoms with E-state index in [0.717, 1.165) is 19.3 Å². The standard InChI is InChI=1S/C17H30O4/c1-11(2)9-20-16(18)14-7-6-13(5)8-15(14)17(19)21-10-12(3)4/h11-15H,6-10H2,1-5H3. The average Bonchev–Trinajstić information content (AvgIpc) is 2.41. The number of rotatable bonds is 6. The van der Waals surface area contributed by atoms with Crippen LogP contribution >= 0.6 is 0 Å². The molecule has 0 aromatic heterocycles. The normalized spacial score (nSPS) is 26.0. The monoisotopic (exact) mass is 298 g/mol. The summed E-state index contributed by atoms with van der Waals surface area (Å²) in [7, 11) is 0. The lowest BCUT2D eigenvalue weighted by Crippen LogP contribution is -2.37. The number of hydrogen-bond donors (Lipinski definition) is 0. The minimum atomic E-state index is -0.341. The second kappa shape index (κ2) is 8.40. The van der Waals surface area contributed by atoms with Crippen LogP contribution in [0.3, 0.4) is 0 Å². The van der Waals surface area contributed by atoms with Crippen molar-refractivity contribution in [1.82, 2.24) is 0 Å². The van der Waals surface area contributed by atoms with Crippen LogP contribution in [0.4, 0.5) is 0 Å². The van der Waals surface area contributed by atoms with Crippen LogP contribution in [0.25, 0.3) is 0 Å². The van der Waals surface area contributed by atoms with Crippen LogP contribution in [0.1, 0.15) is 53.9 Å². The molecule has 1 aliphatic carbocycles. The quantitative estimate of drug-likeness (QED) is 0.705. The minimum Gasteiger partial charge on any atom is -0.465 e. The number of hydrogen-bond acceptors (Lipinski definition) is 4. The maximum atomic E-state index is 12.3. The highest BCUT2D eigenvalue weighted by Crippen LogP contribution is 2.35. The van der Waals surface area contributed by atoms with Gasteiger partial charge in [-0.15, -0.1) is 0 Å². The third-order valence-electron chi connectivity index (χ3n) is 3.84. The van der Waals surface area contributed by atoms with Gasteiger partial charge in [-0.2, -0.15) is 0 Å². The smallest absolute Gasteiger partial charge is 0.309 e. The lowest BCUT2D eigenvalue weighted by molar-refractivity contribution is -0.164. The molecule has 1 rings (SSSR count). The highest BCUT2D eigenvalue weighted by molar-refractivity contribution is 5.82. The average molecular weight is 298 g/mol. The summed E-state index contributed by atoms with van der Waals surface area (Å²) in [6.45, 7) is 11.0. The van der Waals surface area contributed by atoms with Gasteiger partial charge in [-0.3, -0.25) is 9.59 Å². The second-order valence-corrected chi connectivity index (χ2v) is 7.18. The maximum absolute atomic E-state index is 12.3. The molecule has 122 valence electrons. The van der Waals surface area contributed by atoms with Crippen LogP contribution in [0.2, 0.25) is 0 Å². The van der Waals surface area contributed by atoms with E-state index in [2.05, 4.69) is 6.92 Å². The van der Waals surface area contributed by atoms with Crippen molar-refractivity contribution < 1.29 is 19.1 Å². The van der Waals surface area contributed by atoms with Gasteiger partial charge in [-0.25, -0.2) is 0 Å². The molecule has 3 unspecified atom stereocenters. The molecular weight excluding hydrogens is 268 g/mol. The third kappa shape index (κ3) is 6.06. The number of esters is 2. The van der Waals surface area contributed by atoms with E-state index in [4.69, 9.17) is 9.47 Å². The Labute approximate surface area is 128 Å². The summed E-state index contributed by atoms with van der Waals surface area (Å²) in [6, 6.07) is 0. The highest BCUT2D eigenvalue weighted by atomic mass is 16.5. The largest absolute Gasteiger partial charge is 0.465 e. The zero-order chi connectivity index (χ0) is 16.0. The van der Waals surface area contributed by atoms with Gasteiger partial charge in [0.05, 0.1) is 25.0 Å². The molecule has 3 atom stereocenters. The Balaban J connectivity index is 2.65. The van der Waals surface area contributed by atoms with Gasteiger partial charge in [0.2, 0.25) is 0 Å². The molecule has 0 radical (unpaired) electrons. The molecule has 0 saturated heterocycles. The number of carbonyl (C=O) groups is 2. The van der Waals surface area contributed by atoms with Gasteiger partial charge in [-0.05, 0) is 37.0 Å². The molecule has 0 heterocycles. The van der Waals surface area contributed by atoms with Gasteiger partial charge in [-0.1, -0.05) is 34.6 Å². The van der Waals surface area contributed by atoms with Crippen molar-refractivity contribution in [1.29, 1.82) is 0 Å². The Morgan fingerprint density at radius 2 is 1.38 bits per heavy atom. The Kier molecular flexibility index (Phi) is 7.20. The summed E-state index contributed by atoms with van der Waals surface area (Å²) in [4.78, 5) is 24.5. The van der Waals surface area contributed by atoms with E-state index in [1.54, 1.807) is 0 Å². The van der Waals surface area contributed by atoms with Crippen LogP contribution in [-0.4, -0.2) is 25.2 Å². The fraction of sp³-hybridized carbons (Fsp3) is 0.882. The van der Waals surface area contributed by atoms with Gasteiger partial charge in [0.1, 0.15) is 0 Å². The van der Waals surface area contributed by atoms with Gasteiger partial charge in [0.25, 0.3) is 0 Å². The van der Waals surface area contributed by atoms with Crippen LogP contribution in [-0.2, 0) is 19.1 Å². The Bertz CT molecular complexity index is 349. The Morgan fingerprint density at radius 3 is 1.86 bits per heavy atom. The predicted octanol–water partition coefficient (Wildman–Crippen LogP) is 3.44. The van der Waals surface area contributed by atoms with Gasteiger partial charge in [0.15, 0.2) is 0 Å². The van der Waals surface area contributed by atoms with Crippen LogP contribution in [0.5, 0.6) is 0 Å². The van der Waals surface area contributed by atoms with Crippen molar-refractivity contribution in [2.24, 2.45) is 29.6 Å². The van der Waals surface area contributed by atoms with E-state index in [1.807, 2.05) is 27.7 Å². The van der Waals surface area contributed by atoms with E-state index in [0.29, 0.717) is 31.0 Å². The zero-order valence-electron chi connectivity index (χ0n) is 14.1. The maximum Gasteiger partial charge on any atom is 0.309 e. The molecule has 0 bridgehead atoms. The van der Waals surface area contributed by atoms with Crippen molar-refractivity contribution >= 4 is 11.9 Å². The van der Waals surface area contributed by atoms with Crippen molar-refractivity contribution in [3.8, 4) is 0 Å². The van der Waals surface area contributed by atoms with Crippen molar-refractivity contribution in [2.45, 2.75) is 53.9 Å². The predicted molar refractivity (Wildman–Crippen MR) is 81.6 cm³/mol. The summed E-state index contributed by atoms with van der Waals surface area (Å²) in [5.41, 5.74) is 0.